The van der Waals surface area contributed by atoms with Crippen molar-refractivity contribution in [2.75, 3.05) is 26.4 Å². The Kier molecular flexibility index (Phi) is 1.87. The van der Waals surface area contributed by atoms with Crippen LogP contribution in [0.1, 0.15) is 13.3 Å². The molecule has 0 aromatic heterocycles. The van der Waals surface area contributed by atoms with Gasteiger partial charge in [0.2, 0.25) is 0 Å². The first-order valence-corrected chi connectivity index (χ1v) is 4.26. The van der Waals surface area contributed by atoms with Crippen molar-refractivity contribution < 1.29 is 9.47 Å². The predicted molar refractivity (Wildman–Crippen MR) is 41.6 cm³/mol. The predicted octanol–water partition coefficient (Wildman–Crippen LogP) is 0.154. The molecule has 1 unspecified atom stereocenters. The molecular weight excluding hydrogens is 142 g/mol. The molecule has 1 N–H and O–H groups in total. The van der Waals surface area contributed by atoms with Crippen LogP contribution < -0.4 is 5.32 Å². The third kappa shape index (κ3) is 1.41. The van der Waals surface area contributed by atoms with Gasteiger partial charge in [-0.1, -0.05) is 0 Å². The van der Waals surface area contributed by atoms with E-state index in [1.165, 1.54) is 0 Å². The fourth-order valence-electron chi connectivity index (χ4n) is 1.61. The van der Waals surface area contributed by atoms with E-state index in [4.69, 9.17) is 9.47 Å². The standard InChI is InChI=1S/C8H15NO2/c1-7-4-11-8(5-9-7)2-3-10-6-8/h7,9H,2-6H2,1H3/t7-,8?/m0/s1. The third-order valence-corrected chi connectivity index (χ3v) is 2.48. The van der Waals surface area contributed by atoms with Gasteiger partial charge in [0.05, 0.1) is 13.2 Å². The molecule has 0 radical (unpaired) electrons. The quantitative estimate of drug-likeness (QED) is 0.543. The molecule has 2 rings (SSSR count). The van der Waals surface area contributed by atoms with Crippen LogP contribution in [-0.2, 0) is 9.47 Å². The number of hydrogen-bond acceptors (Lipinski definition) is 3. The van der Waals surface area contributed by atoms with Crippen molar-refractivity contribution in [2.45, 2.75) is 25.0 Å². The van der Waals surface area contributed by atoms with E-state index in [0.717, 1.165) is 32.8 Å². The number of hydrogen-bond donors (Lipinski definition) is 1. The maximum atomic E-state index is 5.75. The topological polar surface area (TPSA) is 30.5 Å². The van der Waals surface area contributed by atoms with E-state index in [2.05, 4.69) is 12.2 Å². The van der Waals surface area contributed by atoms with E-state index in [1.807, 2.05) is 0 Å². The highest BCUT2D eigenvalue weighted by Gasteiger charge is 2.38. The molecule has 2 atom stereocenters. The van der Waals surface area contributed by atoms with Gasteiger partial charge >= 0.3 is 0 Å². The lowest BCUT2D eigenvalue weighted by Crippen LogP contribution is -2.53. The molecule has 0 aliphatic carbocycles. The Labute approximate surface area is 67.1 Å². The zero-order chi connectivity index (χ0) is 7.73. The fraction of sp³-hybridized carbons (Fsp3) is 1.00. The summed E-state index contributed by atoms with van der Waals surface area (Å²) in [6.45, 7) is 5.54. The van der Waals surface area contributed by atoms with Gasteiger partial charge in [-0.15, -0.1) is 0 Å². The lowest BCUT2D eigenvalue weighted by molar-refractivity contribution is -0.0813. The summed E-state index contributed by atoms with van der Waals surface area (Å²) in [5, 5.41) is 3.41. The van der Waals surface area contributed by atoms with Crippen LogP contribution in [0, 0.1) is 0 Å². The molecule has 2 aliphatic rings. The number of morpholine rings is 1. The van der Waals surface area contributed by atoms with E-state index >= 15 is 0 Å². The summed E-state index contributed by atoms with van der Waals surface area (Å²) >= 11 is 0. The molecule has 0 aromatic rings. The van der Waals surface area contributed by atoms with Gasteiger partial charge in [-0.2, -0.15) is 0 Å². The van der Waals surface area contributed by atoms with Crippen molar-refractivity contribution in [3.8, 4) is 0 Å². The summed E-state index contributed by atoms with van der Waals surface area (Å²) in [6, 6.07) is 0.501. The van der Waals surface area contributed by atoms with Crippen LogP contribution in [0.25, 0.3) is 0 Å². The largest absolute Gasteiger partial charge is 0.378 e. The van der Waals surface area contributed by atoms with E-state index in [0.29, 0.717) is 6.04 Å². The molecule has 0 saturated carbocycles. The monoisotopic (exact) mass is 157 g/mol. The van der Waals surface area contributed by atoms with Gasteiger partial charge in [-0.3, -0.25) is 0 Å². The van der Waals surface area contributed by atoms with Crippen molar-refractivity contribution in [3.63, 3.8) is 0 Å². The maximum absolute atomic E-state index is 5.75. The van der Waals surface area contributed by atoms with Crippen molar-refractivity contribution in [3.05, 3.63) is 0 Å². The molecule has 3 heteroatoms. The van der Waals surface area contributed by atoms with Gasteiger partial charge in [-0.25, -0.2) is 0 Å². The van der Waals surface area contributed by atoms with Gasteiger partial charge in [0, 0.05) is 25.6 Å². The van der Waals surface area contributed by atoms with Crippen molar-refractivity contribution >= 4 is 0 Å². The van der Waals surface area contributed by atoms with E-state index in [9.17, 15) is 0 Å². The van der Waals surface area contributed by atoms with Crippen LogP contribution in [0.15, 0.2) is 0 Å². The molecule has 2 aliphatic heterocycles. The molecular formula is C8H15NO2. The van der Waals surface area contributed by atoms with E-state index in [1.54, 1.807) is 0 Å². The second-order valence-corrected chi connectivity index (χ2v) is 3.58. The van der Waals surface area contributed by atoms with E-state index < -0.39 is 0 Å². The minimum absolute atomic E-state index is 0.0203. The fourth-order valence-corrected chi connectivity index (χ4v) is 1.61. The van der Waals surface area contributed by atoms with Crippen molar-refractivity contribution in [2.24, 2.45) is 0 Å². The van der Waals surface area contributed by atoms with Gasteiger partial charge in [0.15, 0.2) is 0 Å². The minimum atomic E-state index is 0.0203. The molecule has 0 amide bonds. The van der Waals surface area contributed by atoms with E-state index in [-0.39, 0.29) is 5.60 Å². The maximum Gasteiger partial charge on any atom is 0.106 e. The first kappa shape index (κ1) is 7.53. The lowest BCUT2D eigenvalue weighted by atomic mass is 10.0. The molecule has 2 saturated heterocycles. The third-order valence-electron chi connectivity index (χ3n) is 2.48. The molecule has 2 fully saturated rings. The Morgan fingerprint density at radius 1 is 1.55 bits per heavy atom. The summed E-state index contributed by atoms with van der Waals surface area (Å²) in [5.41, 5.74) is 0.0203. The van der Waals surface area contributed by atoms with Crippen LogP contribution in [-0.4, -0.2) is 38.0 Å². The first-order valence-electron chi connectivity index (χ1n) is 4.26. The van der Waals surface area contributed by atoms with Gasteiger partial charge in [0.25, 0.3) is 0 Å². The van der Waals surface area contributed by atoms with Gasteiger partial charge in [-0.05, 0) is 6.92 Å². The van der Waals surface area contributed by atoms with Crippen LogP contribution in [0.4, 0.5) is 0 Å². The molecule has 3 nitrogen and oxygen atoms in total. The normalized spacial score (nSPS) is 45.0. The summed E-state index contributed by atoms with van der Waals surface area (Å²) in [5.74, 6) is 0. The Balaban J connectivity index is 1.94. The zero-order valence-corrected chi connectivity index (χ0v) is 6.93. The average Bonchev–Trinajstić information content (AvgIpc) is 2.45. The summed E-state index contributed by atoms with van der Waals surface area (Å²) in [7, 11) is 0. The van der Waals surface area contributed by atoms with Gasteiger partial charge in [0.1, 0.15) is 5.60 Å². The van der Waals surface area contributed by atoms with Crippen molar-refractivity contribution in [1.82, 2.24) is 5.32 Å². The molecule has 0 aromatic carbocycles. The highest BCUT2D eigenvalue weighted by molar-refractivity contribution is 4.91. The second kappa shape index (κ2) is 2.73. The Bertz CT molecular complexity index is 133. The molecule has 11 heavy (non-hydrogen) atoms. The summed E-state index contributed by atoms with van der Waals surface area (Å²) < 4.78 is 11.1. The van der Waals surface area contributed by atoms with Crippen LogP contribution >= 0.6 is 0 Å². The Morgan fingerprint density at radius 3 is 3.00 bits per heavy atom. The zero-order valence-electron chi connectivity index (χ0n) is 6.93. The molecule has 0 bridgehead atoms. The highest BCUT2D eigenvalue weighted by Crippen LogP contribution is 2.24. The number of rotatable bonds is 0. The summed E-state index contributed by atoms with van der Waals surface area (Å²) in [6.07, 6.45) is 1.05. The highest BCUT2D eigenvalue weighted by atomic mass is 16.6. The summed E-state index contributed by atoms with van der Waals surface area (Å²) in [4.78, 5) is 0. The molecule has 1 spiro atoms. The Hall–Kier alpha value is -0.120. The molecule has 2 heterocycles. The lowest BCUT2D eigenvalue weighted by Gasteiger charge is -2.35. The first-order chi connectivity index (χ1) is 5.31. The van der Waals surface area contributed by atoms with Gasteiger partial charge < -0.3 is 14.8 Å². The van der Waals surface area contributed by atoms with Crippen molar-refractivity contribution in [1.29, 1.82) is 0 Å². The Morgan fingerprint density at radius 2 is 2.45 bits per heavy atom. The SMILES string of the molecule is C[C@H]1COC2(CCOC2)CN1. The second-order valence-electron chi connectivity index (χ2n) is 3.58. The van der Waals surface area contributed by atoms with Crippen LogP contribution in [0.2, 0.25) is 0 Å². The van der Waals surface area contributed by atoms with Crippen LogP contribution in [0.3, 0.4) is 0 Å². The smallest absolute Gasteiger partial charge is 0.106 e. The minimum Gasteiger partial charge on any atom is -0.378 e. The number of nitrogens with one attached hydrogen (secondary N) is 1. The van der Waals surface area contributed by atoms with Crippen LogP contribution in [0.5, 0.6) is 0 Å². The average molecular weight is 157 g/mol. The molecule has 64 valence electrons. The number of ether oxygens (including phenoxy) is 2.